The molecule has 2 rings (SSSR count). The maximum Gasteiger partial charge on any atom is 0.308 e. The molecule has 6 heteroatoms. The minimum absolute atomic E-state index is 0.0610. The number of carboxylic acids is 1. The Bertz CT molecular complexity index is 440. The monoisotopic (exact) mass is 244 g/mol. The van der Waals surface area contributed by atoms with Crippen molar-refractivity contribution in [2.24, 2.45) is 0 Å². The van der Waals surface area contributed by atoms with Gasteiger partial charge in [0.15, 0.2) is 11.5 Å². The van der Waals surface area contributed by atoms with Crippen LogP contribution in [-0.2, 0) is 11.2 Å². The van der Waals surface area contributed by atoms with Crippen molar-refractivity contribution < 1.29 is 24.1 Å². The lowest BCUT2D eigenvalue weighted by Crippen LogP contribution is -2.04. The molecule has 0 aromatic heterocycles. The largest absolute Gasteiger partial charge is 0.495 e. The van der Waals surface area contributed by atoms with E-state index in [1.54, 1.807) is 6.07 Å². The minimum Gasteiger partial charge on any atom is -0.495 e. The minimum atomic E-state index is -0.988. The molecule has 0 unspecified atom stereocenters. The lowest BCUT2D eigenvalue weighted by Gasteiger charge is -2.11. The molecule has 1 aromatic carbocycles. The maximum atomic E-state index is 10.8. The van der Waals surface area contributed by atoms with E-state index in [-0.39, 0.29) is 13.2 Å². The van der Waals surface area contributed by atoms with Gasteiger partial charge in [0.1, 0.15) is 5.75 Å². The number of ether oxygens (including phenoxy) is 3. The number of fused-ring (bicyclic) bond motifs is 1. The second-order valence-corrected chi connectivity index (χ2v) is 3.58. The molecule has 0 radical (unpaired) electrons. The van der Waals surface area contributed by atoms with E-state index in [2.05, 4.69) is 0 Å². The van der Waals surface area contributed by atoms with Gasteiger partial charge in [-0.2, -0.15) is 0 Å². The third-order valence-corrected chi connectivity index (χ3v) is 2.48. The average molecular weight is 245 g/mol. The van der Waals surface area contributed by atoms with Crippen LogP contribution in [0.1, 0.15) is 5.56 Å². The van der Waals surface area contributed by atoms with Gasteiger partial charge in [0.25, 0.3) is 0 Å². The summed E-state index contributed by atoms with van der Waals surface area (Å²) in [7, 11) is 1.43. The molecule has 1 N–H and O–H groups in total. The highest BCUT2D eigenvalue weighted by Gasteiger charge is 2.25. The van der Waals surface area contributed by atoms with Gasteiger partial charge < -0.3 is 19.3 Å². The lowest BCUT2D eigenvalue weighted by molar-refractivity contribution is -0.136. The van der Waals surface area contributed by atoms with E-state index in [9.17, 15) is 4.79 Å². The van der Waals surface area contributed by atoms with Gasteiger partial charge in [-0.15, -0.1) is 0 Å². The van der Waals surface area contributed by atoms with Crippen LogP contribution in [0.3, 0.4) is 0 Å². The van der Waals surface area contributed by atoms with Crippen LogP contribution in [0.25, 0.3) is 0 Å². The second-order valence-electron chi connectivity index (χ2n) is 3.17. The molecule has 0 atom stereocenters. The Hall–Kier alpha value is -1.62. The summed E-state index contributed by atoms with van der Waals surface area (Å²) in [5, 5.41) is 9.12. The molecule has 86 valence electrons. The van der Waals surface area contributed by atoms with Gasteiger partial charge >= 0.3 is 5.97 Å². The summed E-state index contributed by atoms with van der Waals surface area (Å²) in [4.78, 5) is 10.8. The highest BCUT2D eigenvalue weighted by Crippen LogP contribution is 2.45. The number of carbonyl (C=O) groups is 1. The number of hydrogen-bond acceptors (Lipinski definition) is 4. The number of halogens is 1. The van der Waals surface area contributed by atoms with Crippen LogP contribution in [0.4, 0.5) is 0 Å². The van der Waals surface area contributed by atoms with Crippen LogP contribution in [0.5, 0.6) is 17.2 Å². The second kappa shape index (κ2) is 4.09. The van der Waals surface area contributed by atoms with Gasteiger partial charge in [0, 0.05) is 6.07 Å². The van der Waals surface area contributed by atoms with Crippen molar-refractivity contribution in [2.45, 2.75) is 6.42 Å². The first kappa shape index (κ1) is 10.9. The molecule has 0 spiro atoms. The normalized spacial score (nSPS) is 12.6. The van der Waals surface area contributed by atoms with E-state index >= 15 is 0 Å². The van der Waals surface area contributed by atoms with E-state index in [1.165, 1.54) is 7.11 Å². The molecule has 0 amide bonds. The highest BCUT2D eigenvalue weighted by atomic mass is 35.5. The predicted molar refractivity (Wildman–Crippen MR) is 55.5 cm³/mol. The smallest absolute Gasteiger partial charge is 0.308 e. The highest BCUT2D eigenvalue weighted by molar-refractivity contribution is 6.32. The van der Waals surface area contributed by atoms with Crippen LogP contribution in [0.2, 0.25) is 5.02 Å². The van der Waals surface area contributed by atoms with E-state index in [1.807, 2.05) is 0 Å². The van der Waals surface area contributed by atoms with Gasteiger partial charge in [-0.1, -0.05) is 11.6 Å². The van der Waals surface area contributed by atoms with Crippen molar-refractivity contribution >= 4 is 17.6 Å². The summed E-state index contributed by atoms with van der Waals surface area (Å²) < 4.78 is 15.4. The molecule has 16 heavy (non-hydrogen) atoms. The molecule has 1 heterocycles. The van der Waals surface area contributed by atoms with Crippen LogP contribution in [0, 0.1) is 0 Å². The van der Waals surface area contributed by atoms with Crippen molar-refractivity contribution in [1.82, 2.24) is 0 Å². The zero-order valence-electron chi connectivity index (χ0n) is 8.45. The molecule has 0 aliphatic carbocycles. The first-order valence-electron chi connectivity index (χ1n) is 4.50. The number of methoxy groups -OCH3 is 1. The lowest BCUT2D eigenvalue weighted by atomic mass is 10.1. The Morgan fingerprint density at radius 3 is 3.00 bits per heavy atom. The quantitative estimate of drug-likeness (QED) is 0.877. The zero-order valence-corrected chi connectivity index (χ0v) is 9.21. The van der Waals surface area contributed by atoms with Crippen molar-refractivity contribution in [3.8, 4) is 17.2 Å². The summed E-state index contributed by atoms with van der Waals surface area (Å²) >= 11 is 5.94. The van der Waals surface area contributed by atoms with Gasteiger partial charge in [-0.05, 0) is 0 Å². The fraction of sp³-hybridized carbons (Fsp3) is 0.300. The maximum absolute atomic E-state index is 10.8. The number of rotatable bonds is 3. The van der Waals surface area contributed by atoms with E-state index in [4.69, 9.17) is 30.9 Å². The third-order valence-electron chi connectivity index (χ3n) is 2.20. The standard InChI is InChI=1S/C10H9ClO5/c1-14-9-5(2-8(12)13)10-7(3-6(9)11)15-4-16-10/h3H,2,4H2,1H3,(H,12,13). The topological polar surface area (TPSA) is 65.0 Å². The number of aliphatic carboxylic acids is 1. The van der Waals surface area contributed by atoms with Crippen molar-refractivity contribution in [3.05, 3.63) is 16.7 Å². The van der Waals surface area contributed by atoms with Crippen LogP contribution >= 0.6 is 11.6 Å². The van der Waals surface area contributed by atoms with E-state index in [0.29, 0.717) is 27.8 Å². The molecule has 0 bridgehead atoms. The summed E-state index contributed by atoms with van der Waals surface area (Å²) in [6.07, 6.45) is -0.227. The van der Waals surface area contributed by atoms with Crippen molar-refractivity contribution in [2.75, 3.05) is 13.9 Å². The van der Waals surface area contributed by atoms with Gasteiger partial charge in [0.05, 0.1) is 24.1 Å². The SMILES string of the molecule is COc1c(Cl)cc2c(c1CC(=O)O)OCO2. The first-order valence-corrected chi connectivity index (χ1v) is 4.88. The molecule has 5 nitrogen and oxygen atoms in total. The molecule has 1 aliphatic rings. The summed E-state index contributed by atoms with van der Waals surface area (Å²) in [6, 6.07) is 1.55. The van der Waals surface area contributed by atoms with Crippen molar-refractivity contribution in [1.29, 1.82) is 0 Å². The molecular formula is C10H9ClO5. The molecule has 0 fully saturated rings. The Labute approximate surface area is 96.5 Å². The number of benzene rings is 1. The first-order chi connectivity index (χ1) is 7.63. The molecule has 0 saturated heterocycles. The van der Waals surface area contributed by atoms with E-state index < -0.39 is 5.97 Å². The van der Waals surface area contributed by atoms with Crippen LogP contribution in [-0.4, -0.2) is 25.0 Å². The van der Waals surface area contributed by atoms with Gasteiger partial charge in [-0.25, -0.2) is 0 Å². The third kappa shape index (κ3) is 1.74. The van der Waals surface area contributed by atoms with Gasteiger partial charge in [-0.3, -0.25) is 4.79 Å². The van der Waals surface area contributed by atoms with Crippen LogP contribution in [0.15, 0.2) is 6.07 Å². The van der Waals surface area contributed by atoms with Crippen molar-refractivity contribution in [3.63, 3.8) is 0 Å². The van der Waals surface area contributed by atoms with Crippen LogP contribution < -0.4 is 14.2 Å². The predicted octanol–water partition coefficient (Wildman–Crippen LogP) is 1.70. The zero-order chi connectivity index (χ0) is 11.7. The summed E-state index contributed by atoms with van der Waals surface area (Å²) in [5.74, 6) is 0.164. The Balaban J connectivity index is 2.56. The average Bonchev–Trinajstić information content (AvgIpc) is 2.64. The number of carboxylic acid groups (broad SMARTS) is 1. The summed E-state index contributed by atoms with van der Waals surface area (Å²) in [6.45, 7) is 0.0610. The fourth-order valence-electron chi connectivity index (χ4n) is 1.59. The van der Waals surface area contributed by atoms with Gasteiger partial charge in [0.2, 0.25) is 6.79 Å². The Morgan fingerprint density at radius 2 is 2.38 bits per heavy atom. The molecule has 1 aromatic rings. The Morgan fingerprint density at radius 1 is 1.62 bits per heavy atom. The molecule has 0 saturated carbocycles. The number of hydrogen-bond donors (Lipinski definition) is 1. The molecule has 1 aliphatic heterocycles. The Kier molecular flexibility index (Phi) is 2.78. The fourth-order valence-corrected chi connectivity index (χ4v) is 1.88. The molecular weight excluding hydrogens is 236 g/mol. The van der Waals surface area contributed by atoms with E-state index in [0.717, 1.165) is 0 Å². The summed E-state index contributed by atoms with van der Waals surface area (Å²) in [5.41, 5.74) is 0.398.